The lowest BCUT2D eigenvalue weighted by molar-refractivity contribution is 1.02. The van der Waals surface area contributed by atoms with Crippen molar-refractivity contribution in [3.8, 4) is 0 Å². The molecule has 1 aromatic rings. The van der Waals surface area contributed by atoms with Gasteiger partial charge in [-0.2, -0.15) is 0 Å². The number of rotatable bonds is 1. The number of hydrogen-bond acceptors (Lipinski definition) is 1. The fourth-order valence-electron chi connectivity index (χ4n) is 0.686. The molecule has 1 rings (SSSR count). The first-order chi connectivity index (χ1) is 4.70. The Morgan fingerprint density at radius 3 is 2.70 bits per heavy atom. The zero-order valence-corrected chi connectivity index (χ0v) is 6.52. The molecule has 0 saturated heterocycles. The van der Waals surface area contributed by atoms with E-state index in [1.54, 1.807) is 0 Å². The molecule has 0 aliphatic heterocycles. The second kappa shape index (κ2) is 3.04. The van der Waals surface area contributed by atoms with Crippen molar-refractivity contribution in [3.05, 3.63) is 35.4 Å². The molecule has 0 fully saturated rings. The number of nitrogens with two attached hydrogens (primary N) is 1. The molecule has 0 spiro atoms. The highest BCUT2D eigenvalue weighted by Gasteiger charge is 1.98. The van der Waals surface area contributed by atoms with E-state index in [4.69, 9.17) is 17.3 Å². The number of benzene rings is 1. The second-order valence-electron chi connectivity index (χ2n) is 2.21. The molecule has 0 aromatic heterocycles. The standard InChI is InChI=1S/C8H9ClN/c1-6-2-4-7(5-3-6)8(9)10/h2,4-5,8H,10H2,1H3. The molecule has 0 aliphatic rings. The summed E-state index contributed by atoms with van der Waals surface area (Å²) in [4.78, 5) is 0. The number of alkyl halides is 1. The first kappa shape index (κ1) is 7.58. The minimum Gasteiger partial charge on any atom is -0.312 e. The van der Waals surface area contributed by atoms with Crippen LogP contribution >= 0.6 is 11.6 Å². The molecule has 2 heteroatoms. The lowest BCUT2D eigenvalue weighted by atomic mass is 10.1. The molecule has 0 saturated carbocycles. The van der Waals surface area contributed by atoms with Gasteiger partial charge in [0.1, 0.15) is 5.50 Å². The summed E-state index contributed by atoms with van der Waals surface area (Å²) in [6.45, 7) is 1.98. The second-order valence-corrected chi connectivity index (χ2v) is 2.68. The molecule has 1 radical (unpaired) electrons. The van der Waals surface area contributed by atoms with E-state index in [1.165, 1.54) is 0 Å². The molecule has 0 amide bonds. The summed E-state index contributed by atoms with van der Waals surface area (Å²) in [5, 5.41) is 0. The molecule has 0 bridgehead atoms. The highest BCUT2D eigenvalue weighted by atomic mass is 35.5. The van der Waals surface area contributed by atoms with Crippen LogP contribution in [0.5, 0.6) is 0 Å². The van der Waals surface area contributed by atoms with E-state index in [9.17, 15) is 0 Å². The Labute approximate surface area is 65.8 Å². The summed E-state index contributed by atoms with van der Waals surface area (Å²) < 4.78 is 0. The lowest BCUT2D eigenvalue weighted by Crippen LogP contribution is -2.01. The highest BCUT2D eigenvalue weighted by Crippen LogP contribution is 2.13. The van der Waals surface area contributed by atoms with E-state index in [2.05, 4.69) is 6.07 Å². The maximum absolute atomic E-state index is 5.61. The quantitative estimate of drug-likeness (QED) is 0.486. The summed E-state index contributed by atoms with van der Waals surface area (Å²) in [6.07, 6.45) is 0. The minimum atomic E-state index is -0.406. The van der Waals surface area contributed by atoms with Crippen molar-refractivity contribution < 1.29 is 0 Å². The Morgan fingerprint density at radius 2 is 2.30 bits per heavy atom. The lowest BCUT2D eigenvalue weighted by Gasteiger charge is -2.01. The summed E-state index contributed by atoms with van der Waals surface area (Å²) >= 11 is 5.61. The first-order valence-corrected chi connectivity index (χ1v) is 3.51. The van der Waals surface area contributed by atoms with Gasteiger partial charge in [0.15, 0.2) is 0 Å². The van der Waals surface area contributed by atoms with Crippen LogP contribution < -0.4 is 5.73 Å². The van der Waals surface area contributed by atoms with Gasteiger partial charge in [-0.1, -0.05) is 12.1 Å². The van der Waals surface area contributed by atoms with Crippen LogP contribution in [0.1, 0.15) is 16.6 Å². The van der Waals surface area contributed by atoms with E-state index < -0.39 is 5.50 Å². The Balaban J connectivity index is 2.89. The summed E-state index contributed by atoms with van der Waals surface area (Å²) in [5.41, 5.74) is 7.01. The van der Waals surface area contributed by atoms with Gasteiger partial charge in [-0.25, -0.2) is 0 Å². The van der Waals surface area contributed by atoms with E-state index in [0.29, 0.717) is 0 Å². The van der Waals surface area contributed by atoms with Crippen molar-refractivity contribution in [2.45, 2.75) is 12.4 Å². The fraction of sp³-hybridized carbons (Fsp3) is 0.250. The summed E-state index contributed by atoms with van der Waals surface area (Å²) in [5.74, 6) is 0. The van der Waals surface area contributed by atoms with Gasteiger partial charge in [0.2, 0.25) is 0 Å². The molecule has 10 heavy (non-hydrogen) atoms. The van der Waals surface area contributed by atoms with Gasteiger partial charge in [-0.15, -0.1) is 11.6 Å². The maximum Gasteiger partial charge on any atom is 0.106 e. The van der Waals surface area contributed by atoms with Gasteiger partial charge in [-0.3, -0.25) is 0 Å². The molecule has 53 valence electrons. The van der Waals surface area contributed by atoms with Crippen LogP contribution in [0.3, 0.4) is 0 Å². The maximum atomic E-state index is 5.61. The molecule has 1 atom stereocenters. The predicted octanol–water partition coefficient (Wildman–Crippen LogP) is 1.99. The molecular weight excluding hydrogens is 146 g/mol. The van der Waals surface area contributed by atoms with Gasteiger partial charge >= 0.3 is 0 Å². The van der Waals surface area contributed by atoms with Crippen LogP contribution in [-0.2, 0) is 0 Å². The van der Waals surface area contributed by atoms with E-state index >= 15 is 0 Å². The molecule has 0 aliphatic carbocycles. The Hall–Kier alpha value is -0.530. The van der Waals surface area contributed by atoms with Crippen LogP contribution in [0.2, 0.25) is 0 Å². The minimum absolute atomic E-state index is 0.406. The van der Waals surface area contributed by atoms with Crippen molar-refractivity contribution in [3.63, 3.8) is 0 Å². The Kier molecular flexibility index (Phi) is 2.30. The average Bonchev–Trinajstić information content (AvgIpc) is 1.88. The van der Waals surface area contributed by atoms with Gasteiger partial charge in [0.05, 0.1) is 0 Å². The van der Waals surface area contributed by atoms with Crippen LogP contribution in [0.4, 0.5) is 0 Å². The van der Waals surface area contributed by atoms with Crippen molar-refractivity contribution in [2.24, 2.45) is 5.73 Å². The van der Waals surface area contributed by atoms with Gasteiger partial charge in [0.25, 0.3) is 0 Å². The average molecular weight is 155 g/mol. The number of halogens is 1. The van der Waals surface area contributed by atoms with Crippen molar-refractivity contribution >= 4 is 11.6 Å². The number of hydrogen-bond donors (Lipinski definition) is 1. The highest BCUT2D eigenvalue weighted by molar-refractivity contribution is 6.20. The smallest absolute Gasteiger partial charge is 0.106 e. The predicted molar refractivity (Wildman–Crippen MR) is 42.8 cm³/mol. The van der Waals surface area contributed by atoms with Crippen molar-refractivity contribution in [1.82, 2.24) is 0 Å². The third-order valence-electron chi connectivity index (χ3n) is 1.31. The van der Waals surface area contributed by atoms with Crippen molar-refractivity contribution in [1.29, 1.82) is 0 Å². The van der Waals surface area contributed by atoms with Crippen LogP contribution in [-0.4, -0.2) is 0 Å². The topological polar surface area (TPSA) is 26.0 Å². The first-order valence-electron chi connectivity index (χ1n) is 3.08. The third kappa shape index (κ3) is 1.72. The zero-order valence-electron chi connectivity index (χ0n) is 5.76. The van der Waals surface area contributed by atoms with Crippen LogP contribution in [0.15, 0.2) is 18.2 Å². The fourth-order valence-corrected chi connectivity index (χ4v) is 0.822. The molecule has 0 heterocycles. The largest absolute Gasteiger partial charge is 0.312 e. The van der Waals surface area contributed by atoms with E-state index in [-0.39, 0.29) is 0 Å². The Morgan fingerprint density at radius 1 is 1.60 bits per heavy atom. The van der Waals surface area contributed by atoms with Crippen molar-refractivity contribution in [2.75, 3.05) is 0 Å². The molecule has 1 unspecified atom stereocenters. The molecule has 2 N–H and O–H groups in total. The van der Waals surface area contributed by atoms with Gasteiger partial charge < -0.3 is 5.73 Å². The van der Waals surface area contributed by atoms with Crippen LogP contribution in [0.25, 0.3) is 0 Å². The molecular formula is C8H9ClN. The SMILES string of the molecule is Cc1[c]cc(C(N)Cl)cc1. The number of aryl methyl sites for hydroxylation is 1. The zero-order chi connectivity index (χ0) is 7.56. The Bertz CT molecular complexity index is 203. The monoisotopic (exact) mass is 154 g/mol. The van der Waals surface area contributed by atoms with Gasteiger partial charge in [0, 0.05) is 0 Å². The third-order valence-corrected chi connectivity index (χ3v) is 1.56. The molecule has 1 nitrogen and oxygen atoms in total. The normalized spacial score (nSPS) is 13.1. The van der Waals surface area contributed by atoms with E-state index in [0.717, 1.165) is 11.1 Å². The van der Waals surface area contributed by atoms with Gasteiger partial charge in [-0.05, 0) is 30.2 Å². The van der Waals surface area contributed by atoms with E-state index in [1.807, 2.05) is 25.1 Å². The summed E-state index contributed by atoms with van der Waals surface area (Å²) in [7, 11) is 0. The van der Waals surface area contributed by atoms with Crippen LogP contribution in [0, 0.1) is 13.0 Å². The summed E-state index contributed by atoms with van der Waals surface area (Å²) in [6, 6.07) is 8.68. The molecule has 1 aromatic carbocycles.